The van der Waals surface area contributed by atoms with E-state index in [1.54, 1.807) is 18.0 Å². The highest BCUT2D eigenvalue weighted by Crippen LogP contribution is 2.37. The first-order chi connectivity index (χ1) is 11.5. The number of methoxy groups -OCH3 is 1. The zero-order valence-electron chi connectivity index (χ0n) is 14.4. The SMILES string of the molecule is CCc1nnc(SC)n1/N=C\c1cc(Br)c(OC(C)C)c(OC)c1. The molecule has 0 fully saturated rings. The number of hydrogen-bond acceptors (Lipinski definition) is 6. The lowest BCUT2D eigenvalue weighted by molar-refractivity contribution is 0.228. The number of halogens is 1. The van der Waals surface area contributed by atoms with Crippen LogP contribution in [0.25, 0.3) is 0 Å². The Morgan fingerprint density at radius 3 is 2.71 bits per heavy atom. The first kappa shape index (κ1) is 18.8. The molecule has 1 aromatic carbocycles. The van der Waals surface area contributed by atoms with E-state index in [2.05, 4.69) is 31.2 Å². The van der Waals surface area contributed by atoms with Crippen molar-refractivity contribution < 1.29 is 9.47 Å². The molecule has 0 aliphatic carbocycles. The molecule has 0 saturated carbocycles. The van der Waals surface area contributed by atoms with Gasteiger partial charge in [-0.05, 0) is 53.7 Å². The van der Waals surface area contributed by atoms with E-state index in [-0.39, 0.29) is 6.10 Å². The normalized spacial score (nSPS) is 11.5. The number of nitrogens with zero attached hydrogens (tertiary/aromatic N) is 4. The van der Waals surface area contributed by atoms with Crippen molar-refractivity contribution in [2.75, 3.05) is 13.4 Å². The van der Waals surface area contributed by atoms with E-state index in [0.717, 1.165) is 27.4 Å². The van der Waals surface area contributed by atoms with Crippen LogP contribution in [0, 0.1) is 0 Å². The van der Waals surface area contributed by atoms with Crippen LogP contribution in [0.3, 0.4) is 0 Å². The van der Waals surface area contributed by atoms with Crippen LogP contribution < -0.4 is 9.47 Å². The van der Waals surface area contributed by atoms with Crippen LogP contribution in [-0.4, -0.2) is 40.6 Å². The summed E-state index contributed by atoms with van der Waals surface area (Å²) in [5, 5.41) is 13.5. The largest absolute Gasteiger partial charge is 0.493 e. The fourth-order valence-electron chi connectivity index (χ4n) is 2.05. The minimum atomic E-state index is 0.0583. The van der Waals surface area contributed by atoms with Crippen molar-refractivity contribution in [1.29, 1.82) is 0 Å². The third kappa shape index (κ3) is 4.30. The summed E-state index contributed by atoms with van der Waals surface area (Å²) in [5.74, 6) is 2.17. The van der Waals surface area contributed by atoms with Gasteiger partial charge in [-0.3, -0.25) is 0 Å². The van der Waals surface area contributed by atoms with Crippen molar-refractivity contribution in [1.82, 2.24) is 14.9 Å². The molecular weight excluding hydrogens is 392 g/mol. The third-order valence-corrected chi connectivity index (χ3v) is 4.31. The Morgan fingerprint density at radius 2 is 2.12 bits per heavy atom. The number of aryl methyl sites for hydroxylation is 1. The van der Waals surface area contributed by atoms with Gasteiger partial charge in [0.25, 0.3) is 0 Å². The molecule has 0 aliphatic heterocycles. The van der Waals surface area contributed by atoms with E-state index < -0.39 is 0 Å². The molecule has 0 unspecified atom stereocenters. The van der Waals surface area contributed by atoms with Gasteiger partial charge in [0.1, 0.15) is 0 Å². The molecular formula is C16H21BrN4O2S. The van der Waals surface area contributed by atoms with Gasteiger partial charge in [0.2, 0.25) is 5.16 Å². The molecule has 2 rings (SSSR count). The van der Waals surface area contributed by atoms with Crippen LogP contribution in [-0.2, 0) is 6.42 Å². The zero-order valence-corrected chi connectivity index (χ0v) is 16.8. The Bertz CT molecular complexity index is 710. The van der Waals surface area contributed by atoms with Gasteiger partial charge in [0.05, 0.1) is 23.9 Å². The summed E-state index contributed by atoms with van der Waals surface area (Å²) in [6.07, 6.45) is 4.53. The van der Waals surface area contributed by atoms with Crippen LogP contribution in [0.1, 0.15) is 32.2 Å². The topological polar surface area (TPSA) is 61.5 Å². The molecule has 24 heavy (non-hydrogen) atoms. The van der Waals surface area contributed by atoms with Crippen LogP contribution in [0.4, 0.5) is 0 Å². The number of ether oxygens (including phenoxy) is 2. The highest BCUT2D eigenvalue weighted by molar-refractivity contribution is 9.10. The molecule has 0 N–H and O–H groups in total. The van der Waals surface area contributed by atoms with Crippen molar-refractivity contribution >= 4 is 33.9 Å². The standard InChI is InChI=1S/C16H21BrN4O2S/c1-6-14-19-20-16(24-5)21(14)18-9-11-7-12(17)15(23-10(2)3)13(8-11)22-4/h7-10H,6H2,1-5H3/b18-9-. The first-order valence-corrected chi connectivity index (χ1v) is 9.58. The van der Waals surface area contributed by atoms with E-state index in [0.29, 0.717) is 11.5 Å². The Labute approximate surface area is 154 Å². The average molecular weight is 413 g/mol. The second kappa shape index (κ2) is 8.53. The van der Waals surface area contributed by atoms with Crippen molar-refractivity contribution in [3.8, 4) is 11.5 Å². The van der Waals surface area contributed by atoms with Gasteiger partial charge in [-0.2, -0.15) is 9.78 Å². The summed E-state index contributed by atoms with van der Waals surface area (Å²) in [7, 11) is 1.62. The Kier molecular flexibility index (Phi) is 6.68. The molecule has 0 aliphatic rings. The molecule has 130 valence electrons. The van der Waals surface area contributed by atoms with Gasteiger partial charge in [-0.1, -0.05) is 18.7 Å². The highest BCUT2D eigenvalue weighted by atomic mass is 79.9. The van der Waals surface area contributed by atoms with Gasteiger partial charge in [-0.15, -0.1) is 10.2 Å². The Balaban J connectivity index is 2.37. The summed E-state index contributed by atoms with van der Waals surface area (Å²) in [5.41, 5.74) is 0.887. The number of hydrogen-bond donors (Lipinski definition) is 0. The summed E-state index contributed by atoms with van der Waals surface area (Å²) in [6, 6.07) is 3.83. The zero-order chi connectivity index (χ0) is 17.7. The number of aromatic nitrogens is 3. The van der Waals surface area contributed by atoms with Gasteiger partial charge in [0.15, 0.2) is 17.3 Å². The van der Waals surface area contributed by atoms with Crippen molar-refractivity contribution in [2.45, 2.75) is 38.5 Å². The Hall–Kier alpha value is -1.54. The predicted octanol–water partition coefficient (Wildman–Crippen LogP) is 4.00. The van der Waals surface area contributed by atoms with Gasteiger partial charge in [0, 0.05) is 6.42 Å². The molecule has 0 spiro atoms. The minimum absolute atomic E-state index is 0.0583. The number of thioether (sulfide) groups is 1. The molecule has 0 amide bonds. The predicted molar refractivity (Wildman–Crippen MR) is 101 cm³/mol. The van der Waals surface area contributed by atoms with Gasteiger partial charge < -0.3 is 9.47 Å². The lowest BCUT2D eigenvalue weighted by Crippen LogP contribution is -2.07. The van der Waals surface area contributed by atoms with Crippen molar-refractivity contribution in [3.05, 3.63) is 28.0 Å². The molecule has 2 aromatic rings. The Morgan fingerprint density at radius 1 is 1.38 bits per heavy atom. The van der Waals surface area contributed by atoms with E-state index in [9.17, 15) is 0 Å². The average Bonchev–Trinajstić information content (AvgIpc) is 2.96. The lowest BCUT2D eigenvalue weighted by atomic mass is 10.2. The summed E-state index contributed by atoms with van der Waals surface area (Å²) in [6.45, 7) is 5.98. The highest BCUT2D eigenvalue weighted by Gasteiger charge is 2.13. The van der Waals surface area contributed by atoms with Crippen LogP contribution in [0.2, 0.25) is 0 Å². The number of benzene rings is 1. The molecule has 1 aromatic heterocycles. The maximum Gasteiger partial charge on any atom is 0.211 e. The molecule has 0 radical (unpaired) electrons. The van der Waals surface area contributed by atoms with E-state index >= 15 is 0 Å². The maximum atomic E-state index is 5.80. The fraction of sp³-hybridized carbons (Fsp3) is 0.438. The summed E-state index contributed by atoms with van der Waals surface area (Å²) in [4.78, 5) is 0. The molecule has 0 atom stereocenters. The second-order valence-corrected chi connectivity index (χ2v) is 6.84. The smallest absolute Gasteiger partial charge is 0.211 e. The molecule has 8 heteroatoms. The van der Waals surface area contributed by atoms with E-state index in [1.807, 2.05) is 39.2 Å². The monoisotopic (exact) mass is 412 g/mol. The quantitative estimate of drug-likeness (QED) is 0.507. The fourth-order valence-corrected chi connectivity index (χ4v) is 3.05. The minimum Gasteiger partial charge on any atom is -0.493 e. The summed E-state index contributed by atoms with van der Waals surface area (Å²) >= 11 is 5.05. The maximum absolute atomic E-state index is 5.80. The lowest BCUT2D eigenvalue weighted by Gasteiger charge is -2.15. The van der Waals surface area contributed by atoms with Crippen molar-refractivity contribution in [3.63, 3.8) is 0 Å². The summed E-state index contributed by atoms with van der Waals surface area (Å²) < 4.78 is 13.8. The number of rotatable bonds is 7. The molecule has 6 nitrogen and oxygen atoms in total. The third-order valence-electron chi connectivity index (χ3n) is 3.10. The first-order valence-electron chi connectivity index (χ1n) is 7.56. The molecule has 0 saturated heterocycles. The van der Waals surface area contributed by atoms with Gasteiger partial charge >= 0.3 is 0 Å². The van der Waals surface area contributed by atoms with Crippen LogP contribution in [0.5, 0.6) is 11.5 Å². The molecule has 0 bridgehead atoms. The van der Waals surface area contributed by atoms with E-state index in [1.165, 1.54) is 11.8 Å². The molecule has 1 heterocycles. The van der Waals surface area contributed by atoms with Crippen LogP contribution >= 0.6 is 27.7 Å². The second-order valence-electron chi connectivity index (χ2n) is 5.21. The van der Waals surface area contributed by atoms with Crippen molar-refractivity contribution in [2.24, 2.45) is 5.10 Å². The van der Waals surface area contributed by atoms with E-state index in [4.69, 9.17) is 9.47 Å². The van der Waals surface area contributed by atoms with Gasteiger partial charge in [-0.25, -0.2) is 0 Å². The van der Waals surface area contributed by atoms with Crippen LogP contribution in [0.15, 0.2) is 26.9 Å².